The maximum Gasteiger partial charge on any atom is 0.160 e. The van der Waals surface area contributed by atoms with Crippen molar-refractivity contribution in [3.8, 4) is 33.4 Å². The van der Waals surface area contributed by atoms with Gasteiger partial charge >= 0.3 is 0 Å². The van der Waals surface area contributed by atoms with Crippen molar-refractivity contribution < 1.29 is 4.42 Å². The van der Waals surface area contributed by atoms with Crippen molar-refractivity contribution >= 4 is 81.3 Å². The van der Waals surface area contributed by atoms with E-state index in [9.17, 15) is 0 Å². The van der Waals surface area contributed by atoms with Gasteiger partial charge in [-0.15, -0.1) is 11.3 Å². The number of hydrogen-bond donors (Lipinski definition) is 0. The van der Waals surface area contributed by atoms with Crippen molar-refractivity contribution in [2.75, 3.05) is 4.90 Å². The zero-order valence-electron chi connectivity index (χ0n) is 29.8. The molecule has 0 fully saturated rings. The van der Waals surface area contributed by atoms with Gasteiger partial charge in [0, 0.05) is 42.3 Å². The van der Waals surface area contributed by atoms with E-state index < -0.39 is 0 Å². The predicted octanol–water partition coefficient (Wildman–Crippen LogP) is 15.6. The third kappa shape index (κ3) is 5.32. The fourth-order valence-corrected chi connectivity index (χ4v) is 9.34. The van der Waals surface area contributed by atoms with Crippen LogP contribution < -0.4 is 4.90 Å². The van der Waals surface area contributed by atoms with Crippen LogP contribution in [0.4, 0.5) is 17.1 Å². The molecule has 9 aromatic carbocycles. The number of para-hydroxylation sites is 1. The lowest BCUT2D eigenvalue weighted by Crippen LogP contribution is -2.10. The molecule has 2 aromatic heterocycles. The quantitative estimate of drug-likeness (QED) is 0.170. The standard InChI is InChI=1S/C52H33NOS/c1-2-11-36(12-3-1)43-30-31-47(52-51(43)45-17-6-8-19-48(45)54-52)53(40-28-23-37(24-29-40)42-18-10-14-35-13-4-5-15-41(35)42)39-26-21-34(22-27-39)38-25-32-50-46(33-38)44-16-7-9-20-49(44)55-50/h1-33H. The van der Waals surface area contributed by atoms with Crippen molar-refractivity contribution in [1.82, 2.24) is 0 Å². The molecule has 0 radical (unpaired) electrons. The summed E-state index contributed by atoms with van der Waals surface area (Å²) in [5.74, 6) is 0. The fourth-order valence-electron chi connectivity index (χ4n) is 8.25. The molecule has 55 heavy (non-hydrogen) atoms. The molecule has 11 rings (SSSR count). The molecule has 0 spiro atoms. The van der Waals surface area contributed by atoms with Gasteiger partial charge in [0.25, 0.3) is 0 Å². The molecular weight excluding hydrogens is 687 g/mol. The summed E-state index contributed by atoms with van der Waals surface area (Å²) in [6.45, 7) is 0. The molecule has 0 saturated carbocycles. The number of fused-ring (bicyclic) bond motifs is 7. The lowest BCUT2D eigenvalue weighted by atomic mass is 9.97. The number of benzene rings is 9. The minimum atomic E-state index is 0.861. The van der Waals surface area contributed by atoms with Crippen LogP contribution in [0.5, 0.6) is 0 Å². The van der Waals surface area contributed by atoms with E-state index in [-0.39, 0.29) is 0 Å². The number of rotatable bonds is 6. The summed E-state index contributed by atoms with van der Waals surface area (Å²) in [5.41, 5.74) is 11.9. The topological polar surface area (TPSA) is 16.4 Å². The Morgan fingerprint density at radius 1 is 0.382 bits per heavy atom. The van der Waals surface area contributed by atoms with E-state index >= 15 is 0 Å². The second-order valence-corrected chi connectivity index (χ2v) is 15.1. The van der Waals surface area contributed by atoms with Crippen molar-refractivity contribution in [3.63, 3.8) is 0 Å². The van der Waals surface area contributed by atoms with Crippen LogP contribution in [-0.2, 0) is 0 Å². The zero-order chi connectivity index (χ0) is 36.3. The number of anilines is 3. The van der Waals surface area contributed by atoms with E-state index in [1.807, 2.05) is 17.4 Å². The van der Waals surface area contributed by atoms with Gasteiger partial charge in [0.15, 0.2) is 5.58 Å². The average Bonchev–Trinajstić information content (AvgIpc) is 3.83. The maximum absolute atomic E-state index is 6.83. The Hall–Kier alpha value is -6.94. The van der Waals surface area contributed by atoms with Crippen LogP contribution in [0, 0.1) is 0 Å². The Bertz CT molecular complexity index is 3190. The van der Waals surface area contributed by atoms with Gasteiger partial charge in [-0.25, -0.2) is 0 Å². The number of hydrogen-bond acceptors (Lipinski definition) is 3. The minimum absolute atomic E-state index is 0.861. The fraction of sp³-hybridized carbons (Fsp3) is 0. The Morgan fingerprint density at radius 3 is 1.82 bits per heavy atom. The Labute approximate surface area is 322 Å². The minimum Gasteiger partial charge on any atom is -0.454 e. The number of furan rings is 1. The summed E-state index contributed by atoms with van der Waals surface area (Å²) in [6, 6.07) is 72.1. The SMILES string of the molecule is c1ccc(-c2ccc(N(c3ccc(-c4ccc5sc6ccccc6c5c4)cc3)c3ccc(-c4cccc5ccccc45)cc3)c3oc4ccccc4c23)cc1. The highest BCUT2D eigenvalue weighted by molar-refractivity contribution is 7.25. The highest BCUT2D eigenvalue weighted by atomic mass is 32.1. The average molecular weight is 720 g/mol. The first-order valence-corrected chi connectivity index (χ1v) is 19.5. The molecular formula is C52H33NOS. The molecule has 0 aliphatic rings. The van der Waals surface area contributed by atoms with Crippen LogP contribution in [-0.4, -0.2) is 0 Å². The van der Waals surface area contributed by atoms with Gasteiger partial charge in [-0.3, -0.25) is 0 Å². The molecule has 0 aliphatic heterocycles. The predicted molar refractivity (Wildman–Crippen MR) is 235 cm³/mol. The molecule has 2 heterocycles. The summed E-state index contributed by atoms with van der Waals surface area (Å²) in [7, 11) is 0. The van der Waals surface area contributed by atoms with Crippen LogP contribution in [0.1, 0.15) is 0 Å². The van der Waals surface area contributed by atoms with Crippen LogP contribution >= 0.6 is 11.3 Å². The third-order valence-corrected chi connectivity index (χ3v) is 12.0. The summed E-state index contributed by atoms with van der Waals surface area (Å²) < 4.78 is 9.47. The first-order valence-electron chi connectivity index (χ1n) is 18.7. The molecule has 0 saturated heterocycles. The third-order valence-electron chi connectivity index (χ3n) is 10.9. The molecule has 0 aliphatic carbocycles. The molecule has 3 heteroatoms. The monoisotopic (exact) mass is 719 g/mol. The second-order valence-electron chi connectivity index (χ2n) is 14.1. The number of nitrogens with zero attached hydrogens (tertiary/aromatic N) is 1. The van der Waals surface area contributed by atoms with E-state index in [1.54, 1.807) is 0 Å². The Morgan fingerprint density at radius 2 is 1.00 bits per heavy atom. The van der Waals surface area contributed by atoms with E-state index in [1.165, 1.54) is 53.2 Å². The molecule has 0 atom stereocenters. The van der Waals surface area contributed by atoms with Gasteiger partial charge in [-0.2, -0.15) is 0 Å². The zero-order valence-corrected chi connectivity index (χ0v) is 30.6. The van der Waals surface area contributed by atoms with Crippen molar-refractivity contribution in [3.05, 3.63) is 200 Å². The van der Waals surface area contributed by atoms with E-state index in [4.69, 9.17) is 4.42 Å². The highest BCUT2D eigenvalue weighted by Crippen LogP contribution is 2.46. The van der Waals surface area contributed by atoms with Crippen molar-refractivity contribution in [2.45, 2.75) is 0 Å². The van der Waals surface area contributed by atoms with Crippen molar-refractivity contribution in [1.29, 1.82) is 0 Å². The summed E-state index contributed by atoms with van der Waals surface area (Å²) in [6.07, 6.45) is 0. The second kappa shape index (κ2) is 12.9. The van der Waals surface area contributed by atoms with E-state index in [0.29, 0.717) is 0 Å². The lowest BCUT2D eigenvalue weighted by Gasteiger charge is -2.26. The Balaban J connectivity index is 1.08. The van der Waals surface area contributed by atoms with Gasteiger partial charge in [-0.05, 0) is 98.8 Å². The first kappa shape index (κ1) is 31.6. The molecule has 0 N–H and O–H groups in total. The summed E-state index contributed by atoms with van der Waals surface area (Å²) in [5, 5.41) is 7.33. The largest absolute Gasteiger partial charge is 0.454 e. The maximum atomic E-state index is 6.83. The molecule has 0 bridgehead atoms. The van der Waals surface area contributed by atoms with Gasteiger partial charge in [0.2, 0.25) is 0 Å². The molecule has 2 nitrogen and oxygen atoms in total. The first-order chi connectivity index (χ1) is 27.3. The summed E-state index contributed by atoms with van der Waals surface area (Å²) >= 11 is 1.85. The Kier molecular flexibility index (Phi) is 7.39. The molecule has 258 valence electrons. The van der Waals surface area contributed by atoms with Gasteiger partial charge in [0.1, 0.15) is 5.58 Å². The van der Waals surface area contributed by atoms with Gasteiger partial charge in [0.05, 0.1) is 5.69 Å². The molecule has 0 unspecified atom stereocenters. The van der Waals surface area contributed by atoms with Crippen LogP contribution in [0.2, 0.25) is 0 Å². The van der Waals surface area contributed by atoms with Crippen molar-refractivity contribution in [2.24, 2.45) is 0 Å². The van der Waals surface area contributed by atoms with Gasteiger partial charge in [-0.1, -0.05) is 146 Å². The van der Waals surface area contributed by atoms with E-state index in [2.05, 4.69) is 199 Å². The molecule has 11 aromatic rings. The van der Waals surface area contributed by atoms with Crippen LogP contribution in [0.15, 0.2) is 205 Å². The summed E-state index contributed by atoms with van der Waals surface area (Å²) in [4.78, 5) is 2.34. The van der Waals surface area contributed by atoms with Gasteiger partial charge < -0.3 is 9.32 Å². The smallest absolute Gasteiger partial charge is 0.160 e. The molecule has 0 amide bonds. The normalized spacial score (nSPS) is 11.6. The van der Waals surface area contributed by atoms with Crippen LogP contribution in [0.25, 0.3) is 86.3 Å². The van der Waals surface area contributed by atoms with E-state index in [0.717, 1.165) is 50.1 Å². The highest BCUT2D eigenvalue weighted by Gasteiger charge is 2.22. The lowest BCUT2D eigenvalue weighted by molar-refractivity contribution is 0.669. The number of thiophene rings is 1. The van der Waals surface area contributed by atoms with Crippen LogP contribution in [0.3, 0.4) is 0 Å².